The molecule has 2 nitrogen and oxygen atoms in total. The minimum Gasteiger partial charge on any atom is -0.369 e. The van der Waals surface area contributed by atoms with E-state index in [0.717, 1.165) is 0 Å². The molecule has 0 atom stereocenters. The Labute approximate surface area is 54.5 Å². The number of hydrogen-bond acceptors (Lipinski definition) is 1. The molecule has 0 aliphatic heterocycles. The zero-order valence-corrected chi connectivity index (χ0v) is 5.81. The fourth-order valence-corrected chi connectivity index (χ4v) is 0.222. The van der Waals surface area contributed by atoms with E-state index in [1.165, 1.54) is 0 Å². The molecule has 0 N–H and O–H groups in total. The summed E-state index contributed by atoms with van der Waals surface area (Å²) in [5, 5.41) is 0.304. The lowest BCUT2D eigenvalue weighted by Crippen LogP contribution is -2.07. The van der Waals surface area contributed by atoms with Gasteiger partial charge in [-0.3, -0.25) is 0 Å². The van der Waals surface area contributed by atoms with Crippen LogP contribution in [0.3, 0.4) is 0 Å². The molecule has 0 amide bonds. The molecule has 0 saturated carbocycles. The van der Waals surface area contributed by atoms with Gasteiger partial charge in [-0.25, -0.2) is 4.99 Å². The van der Waals surface area contributed by atoms with Gasteiger partial charge in [0, 0.05) is 14.1 Å². The molecule has 0 fully saturated rings. The first-order valence-electron chi connectivity index (χ1n) is 2.18. The van der Waals surface area contributed by atoms with Gasteiger partial charge >= 0.3 is 0 Å². The molecular weight excluding hydrogens is 124 g/mol. The molecule has 0 heterocycles. The minimum absolute atomic E-state index is 0.304. The molecule has 3 heteroatoms. The second-order valence-corrected chi connectivity index (χ2v) is 2.02. The summed E-state index contributed by atoms with van der Waals surface area (Å²) in [4.78, 5) is 5.48. The largest absolute Gasteiger partial charge is 0.369 e. The van der Waals surface area contributed by atoms with Crippen LogP contribution >= 0.6 is 11.6 Å². The van der Waals surface area contributed by atoms with Gasteiger partial charge in [-0.1, -0.05) is 18.2 Å². The zero-order chi connectivity index (χ0) is 6.57. The Morgan fingerprint density at radius 2 is 2.25 bits per heavy atom. The minimum atomic E-state index is 0.304. The molecule has 0 unspecified atom stereocenters. The first-order valence-corrected chi connectivity index (χ1v) is 2.55. The lowest BCUT2D eigenvalue weighted by atomic mass is 10.9. The van der Waals surface area contributed by atoms with Crippen molar-refractivity contribution >= 4 is 17.9 Å². The monoisotopic (exact) mass is 132 g/mol. The highest BCUT2D eigenvalue weighted by Crippen LogP contribution is 1.94. The average Bonchev–Trinajstić information content (AvgIpc) is 1.61. The molecule has 0 saturated heterocycles. The number of nitrogens with zero attached hydrogens (tertiary/aromatic N) is 2. The van der Waals surface area contributed by atoms with Crippen molar-refractivity contribution in [2.45, 2.75) is 0 Å². The molecule has 46 valence electrons. The maximum absolute atomic E-state index is 5.30. The molecule has 0 bridgehead atoms. The molecular formula is C5H9ClN2. The number of halogens is 1. The van der Waals surface area contributed by atoms with Gasteiger partial charge in [-0.2, -0.15) is 0 Å². The standard InChI is InChI=1S/C5H9ClN2/c1-5(6)7-4-8(2)3/h4H,1H2,2-3H3/b7-4-. The van der Waals surface area contributed by atoms with Crippen LogP contribution in [0.2, 0.25) is 0 Å². The van der Waals surface area contributed by atoms with Crippen LogP contribution in [0.15, 0.2) is 16.7 Å². The third kappa shape index (κ3) is 5.50. The summed E-state index contributed by atoms with van der Waals surface area (Å²) in [6, 6.07) is 0. The lowest BCUT2D eigenvalue weighted by molar-refractivity contribution is 0.643. The molecule has 0 spiro atoms. The van der Waals surface area contributed by atoms with Crippen molar-refractivity contribution < 1.29 is 0 Å². The third-order valence-corrected chi connectivity index (χ3v) is 0.526. The maximum atomic E-state index is 5.30. The van der Waals surface area contributed by atoms with E-state index < -0.39 is 0 Å². The highest BCUT2D eigenvalue weighted by atomic mass is 35.5. The summed E-state index contributed by atoms with van der Waals surface area (Å²) in [5.74, 6) is 0. The van der Waals surface area contributed by atoms with Crippen LogP contribution in [0.4, 0.5) is 0 Å². The Bertz CT molecular complexity index is 107. The topological polar surface area (TPSA) is 15.6 Å². The SMILES string of the molecule is C=C(Cl)/N=C\N(C)C. The summed E-state index contributed by atoms with van der Waals surface area (Å²) in [5.41, 5.74) is 0. The van der Waals surface area contributed by atoms with Crippen molar-refractivity contribution in [3.8, 4) is 0 Å². The molecule has 0 rings (SSSR count). The summed E-state index contributed by atoms with van der Waals surface area (Å²) in [7, 11) is 3.73. The van der Waals surface area contributed by atoms with E-state index in [1.54, 1.807) is 11.2 Å². The van der Waals surface area contributed by atoms with Crippen LogP contribution in [0.5, 0.6) is 0 Å². The Morgan fingerprint density at radius 1 is 1.75 bits per heavy atom. The third-order valence-electron chi connectivity index (χ3n) is 0.429. The Hall–Kier alpha value is -0.500. The number of rotatable bonds is 2. The maximum Gasteiger partial charge on any atom is 0.123 e. The zero-order valence-electron chi connectivity index (χ0n) is 5.06. The van der Waals surface area contributed by atoms with Gasteiger partial charge in [0.15, 0.2) is 0 Å². The summed E-state index contributed by atoms with van der Waals surface area (Å²) >= 11 is 5.30. The molecule has 0 aromatic carbocycles. The number of hydrogen-bond donors (Lipinski definition) is 0. The van der Waals surface area contributed by atoms with Gasteiger partial charge in [-0.05, 0) is 0 Å². The van der Waals surface area contributed by atoms with E-state index in [4.69, 9.17) is 11.6 Å². The van der Waals surface area contributed by atoms with Gasteiger partial charge in [0.1, 0.15) is 5.16 Å². The quantitative estimate of drug-likeness (QED) is 0.314. The predicted molar refractivity (Wildman–Crippen MR) is 37.2 cm³/mol. The van der Waals surface area contributed by atoms with Gasteiger partial charge in [0.2, 0.25) is 0 Å². The van der Waals surface area contributed by atoms with Crippen molar-refractivity contribution in [2.24, 2.45) is 4.99 Å². The molecule has 8 heavy (non-hydrogen) atoms. The van der Waals surface area contributed by atoms with E-state index in [2.05, 4.69) is 11.6 Å². The first-order chi connectivity index (χ1) is 3.63. The smallest absolute Gasteiger partial charge is 0.123 e. The number of aliphatic imine (C=N–C) groups is 1. The van der Waals surface area contributed by atoms with E-state index >= 15 is 0 Å². The molecule has 0 aromatic heterocycles. The highest BCUT2D eigenvalue weighted by molar-refractivity contribution is 6.29. The summed E-state index contributed by atoms with van der Waals surface area (Å²) in [6.07, 6.45) is 1.59. The predicted octanol–water partition coefficient (Wildman–Crippen LogP) is 1.29. The first kappa shape index (κ1) is 7.50. The van der Waals surface area contributed by atoms with Crippen LogP contribution in [0, 0.1) is 0 Å². The van der Waals surface area contributed by atoms with Crippen LogP contribution < -0.4 is 0 Å². The van der Waals surface area contributed by atoms with Gasteiger partial charge < -0.3 is 4.90 Å². The Morgan fingerprint density at radius 3 is 2.38 bits per heavy atom. The second kappa shape index (κ2) is 3.50. The van der Waals surface area contributed by atoms with Crippen LogP contribution in [0.1, 0.15) is 0 Å². The summed E-state index contributed by atoms with van der Waals surface area (Å²) in [6.45, 7) is 3.37. The van der Waals surface area contributed by atoms with Crippen molar-refractivity contribution in [1.29, 1.82) is 0 Å². The molecule has 0 radical (unpaired) electrons. The van der Waals surface area contributed by atoms with Gasteiger partial charge in [0.05, 0.1) is 6.34 Å². The van der Waals surface area contributed by atoms with Crippen LogP contribution in [0.25, 0.3) is 0 Å². The summed E-state index contributed by atoms with van der Waals surface area (Å²) < 4.78 is 0. The molecule has 0 aliphatic carbocycles. The van der Waals surface area contributed by atoms with Gasteiger partial charge in [0.25, 0.3) is 0 Å². The second-order valence-electron chi connectivity index (χ2n) is 1.58. The normalized spacial score (nSPS) is 9.88. The Balaban J connectivity index is 3.50. The van der Waals surface area contributed by atoms with E-state index in [9.17, 15) is 0 Å². The lowest BCUT2D eigenvalue weighted by Gasteiger charge is -1.99. The molecule has 0 aromatic rings. The molecule has 0 aliphatic rings. The van der Waals surface area contributed by atoms with E-state index in [1.807, 2.05) is 14.1 Å². The van der Waals surface area contributed by atoms with Crippen LogP contribution in [-0.4, -0.2) is 25.3 Å². The van der Waals surface area contributed by atoms with E-state index in [0.29, 0.717) is 5.16 Å². The van der Waals surface area contributed by atoms with Crippen molar-refractivity contribution in [3.05, 3.63) is 11.7 Å². The van der Waals surface area contributed by atoms with Crippen molar-refractivity contribution in [3.63, 3.8) is 0 Å². The van der Waals surface area contributed by atoms with E-state index in [-0.39, 0.29) is 0 Å². The highest BCUT2D eigenvalue weighted by Gasteiger charge is 1.76. The fraction of sp³-hybridized carbons (Fsp3) is 0.400. The van der Waals surface area contributed by atoms with Gasteiger partial charge in [-0.15, -0.1) is 0 Å². The fourth-order valence-electron chi connectivity index (χ4n) is 0.178. The van der Waals surface area contributed by atoms with Crippen molar-refractivity contribution in [1.82, 2.24) is 4.90 Å². The van der Waals surface area contributed by atoms with Crippen LogP contribution in [-0.2, 0) is 0 Å². The average molecular weight is 133 g/mol. The Kier molecular flexibility index (Phi) is 3.28. The van der Waals surface area contributed by atoms with Crippen molar-refractivity contribution in [2.75, 3.05) is 14.1 Å².